The second-order valence-corrected chi connectivity index (χ2v) is 6.06. The summed E-state index contributed by atoms with van der Waals surface area (Å²) < 4.78 is 1.14. The molecule has 1 aromatic carbocycles. The molecule has 1 N–H and O–H groups in total. The van der Waals surface area contributed by atoms with Crippen LogP contribution in [0.3, 0.4) is 0 Å². The Morgan fingerprint density at radius 2 is 2.06 bits per heavy atom. The monoisotopic (exact) mass is 409 g/mol. The van der Waals surface area contributed by atoms with Gasteiger partial charge < -0.3 is 5.32 Å². The summed E-state index contributed by atoms with van der Waals surface area (Å²) in [6.45, 7) is 2.96. The molecule has 2 nitrogen and oxygen atoms in total. The number of hydrogen-bond donors (Lipinski definition) is 1. The van der Waals surface area contributed by atoms with Gasteiger partial charge in [0.2, 0.25) is 0 Å². The van der Waals surface area contributed by atoms with E-state index in [0.29, 0.717) is 5.92 Å². The van der Waals surface area contributed by atoms with Crippen molar-refractivity contribution in [3.05, 3.63) is 33.4 Å². The van der Waals surface area contributed by atoms with Crippen molar-refractivity contribution in [1.29, 1.82) is 0 Å². The molecule has 0 bridgehead atoms. The summed E-state index contributed by atoms with van der Waals surface area (Å²) in [5.41, 5.74) is 0.735. The first-order valence-electron chi connectivity index (χ1n) is 5.73. The number of alkyl halides is 1. The molecule has 94 valence electrons. The SMILES string of the molecule is CC(CBr)CCCNC(=O)c1ccc(I)cc1. The lowest BCUT2D eigenvalue weighted by atomic mass is 10.1. The first-order chi connectivity index (χ1) is 8.13. The van der Waals surface area contributed by atoms with Gasteiger partial charge in [-0.15, -0.1) is 0 Å². The number of amides is 1. The number of halogens is 2. The molecule has 0 spiro atoms. The van der Waals surface area contributed by atoms with Crippen molar-refractivity contribution in [3.63, 3.8) is 0 Å². The van der Waals surface area contributed by atoms with Crippen LogP contribution in [0.15, 0.2) is 24.3 Å². The van der Waals surface area contributed by atoms with Crippen LogP contribution in [0.2, 0.25) is 0 Å². The number of nitrogens with one attached hydrogen (secondary N) is 1. The zero-order valence-electron chi connectivity index (χ0n) is 9.88. The van der Waals surface area contributed by atoms with Crippen LogP contribution in [0, 0.1) is 9.49 Å². The molecule has 1 amide bonds. The Morgan fingerprint density at radius 1 is 1.41 bits per heavy atom. The zero-order chi connectivity index (χ0) is 12.7. The predicted octanol–water partition coefficient (Wildman–Crippen LogP) is 3.83. The number of carbonyl (C=O) groups excluding carboxylic acids is 1. The lowest BCUT2D eigenvalue weighted by Gasteiger charge is -2.08. The molecule has 1 unspecified atom stereocenters. The van der Waals surface area contributed by atoms with Crippen LogP contribution in [-0.2, 0) is 0 Å². The third-order valence-electron chi connectivity index (χ3n) is 2.53. The Hall–Kier alpha value is -0.100. The standard InChI is InChI=1S/C13H17BrINO/c1-10(9-14)3-2-8-16-13(17)11-4-6-12(15)7-5-11/h4-7,10H,2-3,8-9H2,1H3,(H,16,17). The van der Waals surface area contributed by atoms with Gasteiger partial charge in [0.25, 0.3) is 5.91 Å². The Morgan fingerprint density at radius 3 is 2.65 bits per heavy atom. The third kappa shape index (κ3) is 5.86. The zero-order valence-corrected chi connectivity index (χ0v) is 13.6. The van der Waals surface area contributed by atoms with E-state index in [1.165, 1.54) is 0 Å². The van der Waals surface area contributed by atoms with Gasteiger partial charge in [-0.3, -0.25) is 4.79 Å². The Labute approximate surface area is 125 Å². The summed E-state index contributed by atoms with van der Waals surface area (Å²) in [6, 6.07) is 7.61. The van der Waals surface area contributed by atoms with Crippen molar-refractivity contribution >= 4 is 44.4 Å². The van der Waals surface area contributed by atoms with Gasteiger partial charge in [-0.2, -0.15) is 0 Å². The summed E-state index contributed by atoms with van der Waals surface area (Å²) in [5.74, 6) is 0.693. The van der Waals surface area contributed by atoms with Crippen LogP contribution in [0.1, 0.15) is 30.1 Å². The Balaban J connectivity index is 2.28. The van der Waals surface area contributed by atoms with Gasteiger partial charge in [-0.25, -0.2) is 0 Å². The highest BCUT2D eigenvalue weighted by atomic mass is 127. The van der Waals surface area contributed by atoms with Crippen LogP contribution in [0.5, 0.6) is 0 Å². The average molecular weight is 410 g/mol. The largest absolute Gasteiger partial charge is 0.352 e. The van der Waals surface area contributed by atoms with Crippen molar-refractivity contribution in [2.24, 2.45) is 5.92 Å². The van der Waals surface area contributed by atoms with Crippen LogP contribution >= 0.6 is 38.5 Å². The number of hydrogen-bond acceptors (Lipinski definition) is 1. The molecule has 0 aromatic heterocycles. The predicted molar refractivity (Wildman–Crippen MR) is 83.7 cm³/mol. The Kier molecular flexibility index (Phi) is 7.11. The van der Waals surface area contributed by atoms with Gasteiger partial charge in [0, 0.05) is 21.0 Å². The van der Waals surface area contributed by atoms with Crippen molar-refractivity contribution in [2.45, 2.75) is 19.8 Å². The molecule has 1 aromatic rings. The second-order valence-electron chi connectivity index (χ2n) is 4.16. The molecule has 0 fully saturated rings. The molecular weight excluding hydrogens is 393 g/mol. The summed E-state index contributed by atoms with van der Waals surface area (Å²) in [4.78, 5) is 11.7. The molecular formula is C13H17BrINO. The molecule has 17 heavy (non-hydrogen) atoms. The molecule has 0 aliphatic carbocycles. The van der Waals surface area contributed by atoms with Crippen LogP contribution in [0.25, 0.3) is 0 Å². The quantitative estimate of drug-likeness (QED) is 0.431. The third-order valence-corrected chi connectivity index (χ3v) is 4.35. The maximum atomic E-state index is 11.7. The number of carbonyl (C=O) groups is 1. The summed E-state index contributed by atoms with van der Waals surface area (Å²) in [7, 11) is 0. The molecule has 4 heteroatoms. The fraction of sp³-hybridized carbons (Fsp3) is 0.462. The van der Waals surface area contributed by atoms with E-state index in [2.05, 4.69) is 50.8 Å². The highest BCUT2D eigenvalue weighted by Gasteiger charge is 2.04. The van der Waals surface area contributed by atoms with Gasteiger partial charge in [-0.1, -0.05) is 22.9 Å². The van der Waals surface area contributed by atoms with Crippen molar-refractivity contribution < 1.29 is 4.79 Å². The molecule has 0 saturated heterocycles. The van der Waals surface area contributed by atoms with Crippen molar-refractivity contribution in [3.8, 4) is 0 Å². The highest BCUT2D eigenvalue weighted by molar-refractivity contribution is 14.1. The van der Waals surface area contributed by atoms with E-state index in [-0.39, 0.29) is 5.91 Å². The molecule has 0 aliphatic rings. The van der Waals surface area contributed by atoms with E-state index in [1.807, 2.05) is 24.3 Å². The highest BCUT2D eigenvalue weighted by Crippen LogP contribution is 2.08. The molecule has 0 radical (unpaired) electrons. The summed E-state index contributed by atoms with van der Waals surface area (Å²) >= 11 is 5.68. The van der Waals surface area contributed by atoms with Crippen molar-refractivity contribution in [2.75, 3.05) is 11.9 Å². The lowest BCUT2D eigenvalue weighted by Crippen LogP contribution is -2.24. The average Bonchev–Trinajstić information content (AvgIpc) is 2.34. The minimum atomic E-state index is 0.0212. The van der Waals surface area contributed by atoms with Gasteiger partial charge in [-0.05, 0) is 65.6 Å². The molecule has 0 heterocycles. The smallest absolute Gasteiger partial charge is 0.251 e. The topological polar surface area (TPSA) is 29.1 Å². The van der Waals surface area contributed by atoms with Crippen LogP contribution in [-0.4, -0.2) is 17.8 Å². The minimum absolute atomic E-state index is 0.0212. The van der Waals surface area contributed by atoms with E-state index in [1.54, 1.807) is 0 Å². The lowest BCUT2D eigenvalue weighted by molar-refractivity contribution is 0.0952. The first kappa shape index (κ1) is 15.0. The second kappa shape index (κ2) is 8.08. The molecule has 0 saturated carbocycles. The van der Waals surface area contributed by atoms with E-state index in [0.717, 1.165) is 33.9 Å². The summed E-state index contributed by atoms with van der Waals surface area (Å²) in [6.07, 6.45) is 2.17. The Bertz CT molecular complexity index is 353. The minimum Gasteiger partial charge on any atom is -0.352 e. The van der Waals surface area contributed by atoms with E-state index < -0.39 is 0 Å². The van der Waals surface area contributed by atoms with E-state index >= 15 is 0 Å². The molecule has 1 rings (SSSR count). The maximum Gasteiger partial charge on any atom is 0.251 e. The molecule has 1 atom stereocenters. The fourth-order valence-electron chi connectivity index (χ4n) is 1.43. The van der Waals surface area contributed by atoms with Crippen LogP contribution < -0.4 is 5.32 Å². The maximum absolute atomic E-state index is 11.7. The van der Waals surface area contributed by atoms with Gasteiger partial charge in [0.1, 0.15) is 0 Å². The van der Waals surface area contributed by atoms with Gasteiger partial charge in [0.15, 0.2) is 0 Å². The number of rotatable bonds is 6. The van der Waals surface area contributed by atoms with Crippen LogP contribution in [0.4, 0.5) is 0 Å². The van der Waals surface area contributed by atoms with E-state index in [4.69, 9.17) is 0 Å². The van der Waals surface area contributed by atoms with Gasteiger partial charge in [0.05, 0.1) is 0 Å². The summed E-state index contributed by atoms with van der Waals surface area (Å²) in [5, 5.41) is 3.97. The normalized spacial score (nSPS) is 12.2. The first-order valence-corrected chi connectivity index (χ1v) is 7.93. The van der Waals surface area contributed by atoms with Gasteiger partial charge >= 0.3 is 0 Å². The molecule has 0 aliphatic heterocycles. The number of benzene rings is 1. The fourth-order valence-corrected chi connectivity index (χ4v) is 2.12. The van der Waals surface area contributed by atoms with E-state index in [9.17, 15) is 4.79 Å². The van der Waals surface area contributed by atoms with Crippen molar-refractivity contribution in [1.82, 2.24) is 5.32 Å².